The van der Waals surface area contributed by atoms with Crippen LogP contribution in [0.15, 0.2) is 23.2 Å². The number of hydrogen-bond acceptors (Lipinski definition) is 5. The van der Waals surface area contributed by atoms with Gasteiger partial charge in [0.05, 0.1) is 0 Å². The predicted octanol–water partition coefficient (Wildman–Crippen LogP) is 1.52. The Morgan fingerprint density at radius 3 is 2.71 bits per heavy atom. The van der Waals surface area contributed by atoms with E-state index in [4.69, 9.17) is 0 Å². The Labute approximate surface area is 128 Å². The number of hydrogen-bond donors (Lipinski definition) is 2. The standard InChI is InChI=1S/C14H26N4O2S/c1-5-9-15-14-13(7-6-10-16-14)21(19,20)17-12(2)8-11-18(3)4/h6-7,10,12,17H,5,8-9,11H2,1-4H3,(H,15,16). The maximum Gasteiger partial charge on any atom is 0.244 e. The Morgan fingerprint density at radius 1 is 1.38 bits per heavy atom. The second-order valence-electron chi connectivity index (χ2n) is 5.39. The van der Waals surface area contributed by atoms with Crippen molar-refractivity contribution in [2.45, 2.75) is 37.6 Å². The van der Waals surface area contributed by atoms with E-state index in [1.54, 1.807) is 18.3 Å². The first-order chi connectivity index (χ1) is 9.86. The summed E-state index contributed by atoms with van der Waals surface area (Å²) in [6.07, 6.45) is 3.25. The molecule has 0 aliphatic heterocycles. The van der Waals surface area contributed by atoms with Crippen LogP contribution in [0.5, 0.6) is 0 Å². The van der Waals surface area contributed by atoms with Gasteiger partial charge in [-0.05, 0) is 52.5 Å². The summed E-state index contributed by atoms with van der Waals surface area (Å²) in [6, 6.07) is 3.08. The smallest absolute Gasteiger partial charge is 0.244 e. The van der Waals surface area contributed by atoms with Crippen LogP contribution < -0.4 is 10.0 Å². The van der Waals surface area contributed by atoms with E-state index in [0.717, 1.165) is 19.4 Å². The van der Waals surface area contributed by atoms with Gasteiger partial charge in [0.25, 0.3) is 0 Å². The summed E-state index contributed by atoms with van der Waals surface area (Å²) < 4.78 is 27.6. The minimum Gasteiger partial charge on any atom is -0.369 e. The van der Waals surface area contributed by atoms with Gasteiger partial charge >= 0.3 is 0 Å². The fraction of sp³-hybridized carbons (Fsp3) is 0.643. The molecule has 7 heteroatoms. The minimum absolute atomic E-state index is 0.128. The third-order valence-electron chi connectivity index (χ3n) is 2.97. The van der Waals surface area contributed by atoms with E-state index in [9.17, 15) is 8.42 Å². The number of pyridine rings is 1. The van der Waals surface area contributed by atoms with E-state index in [1.165, 1.54) is 0 Å². The van der Waals surface area contributed by atoms with Crippen molar-refractivity contribution in [1.29, 1.82) is 0 Å². The third kappa shape index (κ3) is 5.99. The van der Waals surface area contributed by atoms with Gasteiger partial charge in [0.15, 0.2) is 0 Å². The van der Waals surface area contributed by atoms with E-state index in [0.29, 0.717) is 12.4 Å². The molecule has 0 aromatic carbocycles. The summed E-state index contributed by atoms with van der Waals surface area (Å²) in [4.78, 5) is 6.36. The number of aromatic nitrogens is 1. The van der Waals surface area contributed by atoms with Gasteiger partial charge in [-0.2, -0.15) is 0 Å². The number of nitrogens with zero attached hydrogens (tertiary/aromatic N) is 2. The van der Waals surface area contributed by atoms with E-state index in [2.05, 4.69) is 15.0 Å². The lowest BCUT2D eigenvalue weighted by atomic mass is 10.2. The van der Waals surface area contributed by atoms with E-state index < -0.39 is 10.0 Å². The van der Waals surface area contributed by atoms with E-state index in [-0.39, 0.29) is 10.9 Å². The lowest BCUT2D eigenvalue weighted by Gasteiger charge is -2.18. The summed E-state index contributed by atoms with van der Waals surface area (Å²) in [5.41, 5.74) is 0. The molecule has 120 valence electrons. The Bertz CT molecular complexity index is 532. The average molecular weight is 314 g/mol. The second-order valence-corrected chi connectivity index (χ2v) is 7.07. The van der Waals surface area contributed by atoms with Crippen LogP contribution >= 0.6 is 0 Å². The molecule has 0 fully saturated rings. The van der Waals surface area contributed by atoms with Crippen molar-refractivity contribution in [2.24, 2.45) is 0 Å². The highest BCUT2D eigenvalue weighted by molar-refractivity contribution is 7.89. The van der Waals surface area contributed by atoms with Crippen LogP contribution in [0, 0.1) is 0 Å². The van der Waals surface area contributed by atoms with Crippen LogP contribution in [0.3, 0.4) is 0 Å². The van der Waals surface area contributed by atoms with Crippen molar-refractivity contribution in [3.8, 4) is 0 Å². The van der Waals surface area contributed by atoms with Crippen molar-refractivity contribution in [2.75, 3.05) is 32.5 Å². The Kier molecular flexibility index (Phi) is 7.07. The first-order valence-corrected chi connectivity index (χ1v) is 8.71. The largest absolute Gasteiger partial charge is 0.369 e. The highest BCUT2D eigenvalue weighted by Crippen LogP contribution is 2.18. The van der Waals surface area contributed by atoms with Crippen LogP contribution in [-0.4, -0.2) is 51.5 Å². The zero-order valence-electron chi connectivity index (χ0n) is 13.3. The third-order valence-corrected chi connectivity index (χ3v) is 4.59. The van der Waals surface area contributed by atoms with Gasteiger partial charge in [0.1, 0.15) is 10.7 Å². The molecule has 1 aromatic rings. The van der Waals surface area contributed by atoms with Crippen LogP contribution in [0.2, 0.25) is 0 Å². The Hall–Kier alpha value is -1.18. The van der Waals surface area contributed by atoms with Gasteiger partial charge in [-0.15, -0.1) is 0 Å². The number of rotatable bonds is 9. The quantitative estimate of drug-likeness (QED) is 0.723. The molecule has 0 radical (unpaired) electrons. The average Bonchev–Trinajstić information content (AvgIpc) is 2.42. The molecule has 1 heterocycles. The van der Waals surface area contributed by atoms with Crippen molar-refractivity contribution >= 4 is 15.8 Å². The SMILES string of the molecule is CCCNc1ncccc1S(=O)(=O)NC(C)CCN(C)C. The number of nitrogens with one attached hydrogen (secondary N) is 2. The van der Waals surface area contributed by atoms with Gasteiger partial charge in [-0.1, -0.05) is 6.92 Å². The molecule has 1 unspecified atom stereocenters. The van der Waals surface area contributed by atoms with Gasteiger partial charge in [-0.25, -0.2) is 18.1 Å². The molecule has 21 heavy (non-hydrogen) atoms. The normalized spacial score (nSPS) is 13.4. The maximum absolute atomic E-state index is 12.5. The van der Waals surface area contributed by atoms with Crippen LogP contribution in [0.1, 0.15) is 26.7 Å². The lowest BCUT2D eigenvalue weighted by Crippen LogP contribution is -2.35. The molecule has 1 atom stereocenters. The molecule has 6 nitrogen and oxygen atoms in total. The zero-order valence-corrected chi connectivity index (χ0v) is 14.1. The molecular weight excluding hydrogens is 288 g/mol. The molecule has 1 aromatic heterocycles. The fourth-order valence-electron chi connectivity index (χ4n) is 1.82. The zero-order chi connectivity index (χ0) is 15.9. The summed E-state index contributed by atoms with van der Waals surface area (Å²) in [5, 5.41) is 3.05. The number of anilines is 1. The summed E-state index contributed by atoms with van der Waals surface area (Å²) >= 11 is 0. The van der Waals surface area contributed by atoms with Crippen molar-refractivity contribution in [3.05, 3.63) is 18.3 Å². The molecule has 0 aliphatic rings. The monoisotopic (exact) mass is 314 g/mol. The van der Waals surface area contributed by atoms with Gasteiger partial charge in [0, 0.05) is 18.8 Å². The number of sulfonamides is 1. The second kappa shape index (κ2) is 8.31. The predicted molar refractivity (Wildman–Crippen MR) is 86.0 cm³/mol. The molecule has 0 spiro atoms. The first-order valence-electron chi connectivity index (χ1n) is 7.22. The summed E-state index contributed by atoms with van der Waals surface area (Å²) in [6.45, 7) is 5.41. The van der Waals surface area contributed by atoms with Crippen molar-refractivity contribution in [1.82, 2.24) is 14.6 Å². The highest BCUT2D eigenvalue weighted by Gasteiger charge is 2.21. The van der Waals surface area contributed by atoms with Crippen LogP contribution in [-0.2, 0) is 10.0 Å². The minimum atomic E-state index is -3.56. The Morgan fingerprint density at radius 2 is 2.10 bits per heavy atom. The molecule has 0 bridgehead atoms. The molecule has 1 rings (SSSR count). The maximum atomic E-state index is 12.5. The Balaban J connectivity index is 2.82. The molecule has 0 amide bonds. The first kappa shape index (κ1) is 17.9. The summed E-state index contributed by atoms with van der Waals surface area (Å²) in [5.74, 6) is 0.409. The van der Waals surface area contributed by atoms with Gasteiger partial charge < -0.3 is 10.2 Å². The van der Waals surface area contributed by atoms with Crippen molar-refractivity contribution < 1.29 is 8.42 Å². The van der Waals surface area contributed by atoms with E-state index in [1.807, 2.05) is 32.8 Å². The topological polar surface area (TPSA) is 74.3 Å². The summed E-state index contributed by atoms with van der Waals surface area (Å²) in [7, 11) is 0.373. The lowest BCUT2D eigenvalue weighted by molar-refractivity contribution is 0.379. The molecule has 0 saturated heterocycles. The van der Waals surface area contributed by atoms with Crippen LogP contribution in [0.25, 0.3) is 0 Å². The van der Waals surface area contributed by atoms with E-state index >= 15 is 0 Å². The molecular formula is C14H26N4O2S. The highest BCUT2D eigenvalue weighted by atomic mass is 32.2. The molecule has 2 N–H and O–H groups in total. The van der Waals surface area contributed by atoms with Gasteiger partial charge in [0.2, 0.25) is 10.0 Å². The van der Waals surface area contributed by atoms with Crippen molar-refractivity contribution in [3.63, 3.8) is 0 Å². The molecule has 0 saturated carbocycles. The van der Waals surface area contributed by atoms with Crippen LogP contribution in [0.4, 0.5) is 5.82 Å². The fourth-order valence-corrected chi connectivity index (χ4v) is 3.23. The van der Waals surface area contributed by atoms with Gasteiger partial charge in [-0.3, -0.25) is 0 Å². The molecule has 0 aliphatic carbocycles.